The van der Waals surface area contributed by atoms with Gasteiger partial charge in [-0.1, -0.05) is 26.0 Å². The Balaban J connectivity index is 2.53. The minimum Gasteiger partial charge on any atom is -0.483 e. The molecular weight excluding hydrogens is 272 g/mol. The summed E-state index contributed by atoms with van der Waals surface area (Å²) in [7, 11) is 0. The molecule has 0 unspecified atom stereocenters. The van der Waals surface area contributed by atoms with Crippen LogP contribution in [0.15, 0.2) is 24.3 Å². The maximum absolute atomic E-state index is 11.7. The molecule has 0 aliphatic heterocycles. The monoisotopic (exact) mass is 294 g/mol. The predicted molar refractivity (Wildman–Crippen MR) is 79.0 cm³/mol. The highest BCUT2D eigenvalue weighted by Crippen LogP contribution is 2.17. The quantitative estimate of drug-likeness (QED) is 0.661. The van der Waals surface area contributed by atoms with Gasteiger partial charge in [0.05, 0.1) is 11.2 Å². The van der Waals surface area contributed by atoms with E-state index in [1.54, 1.807) is 18.2 Å². The molecule has 1 aromatic rings. The molecule has 6 nitrogen and oxygen atoms in total. The molecule has 0 bridgehead atoms. The van der Waals surface area contributed by atoms with Crippen LogP contribution in [-0.4, -0.2) is 35.7 Å². The van der Waals surface area contributed by atoms with Crippen LogP contribution in [0.4, 0.5) is 0 Å². The van der Waals surface area contributed by atoms with Crippen LogP contribution in [-0.2, 0) is 4.79 Å². The molecule has 0 saturated heterocycles. The van der Waals surface area contributed by atoms with E-state index in [0.29, 0.717) is 12.8 Å². The number of primary amides is 1. The number of ether oxygens (including phenoxy) is 1. The van der Waals surface area contributed by atoms with Gasteiger partial charge < -0.3 is 20.9 Å². The molecule has 0 aliphatic rings. The van der Waals surface area contributed by atoms with E-state index in [4.69, 9.17) is 10.5 Å². The average molecular weight is 294 g/mol. The molecule has 0 heterocycles. The summed E-state index contributed by atoms with van der Waals surface area (Å²) in [4.78, 5) is 22.9. The second-order valence-electron chi connectivity index (χ2n) is 4.86. The first-order valence-corrected chi connectivity index (χ1v) is 6.92. The molecule has 0 aromatic heterocycles. The van der Waals surface area contributed by atoms with Crippen LogP contribution in [0.5, 0.6) is 5.75 Å². The minimum atomic E-state index is -0.902. The lowest BCUT2D eigenvalue weighted by Crippen LogP contribution is -2.43. The molecule has 1 rings (SSSR count). The Labute approximate surface area is 124 Å². The van der Waals surface area contributed by atoms with Gasteiger partial charge in [-0.05, 0) is 25.0 Å². The molecule has 4 N–H and O–H groups in total. The molecule has 0 spiro atoms. The third kappa shape index (κ3) is 5.07. The number of nitrogens with two attached hydrogens (primary N) is 1. The van der Waals surface area contributed by atoms with Crippen molar-refractivity contribution in [3.05, 3.63) is 29.8 Å². The maximum atomic E-state index is 11.7. The number of carbonyl (C=O) groups excluding carboxylic acids is 2. The van der Waals surface area contributed by atoms with E-state index in [0.717, 1.165) is 0 Å². The summed E-state index contributed by atoms with van der Waals surface area (Å²) >= 11 is 0. The van der Waals surface area contributed by atoms with E-state index in [2.05, 4.69) is 5.32 Å². The van der Waals surface area contributed by atoms with Crippen LogP contribution in [0.3, 0.4) is 0 Å². The topological polar surface area (TPSA) is 102 Å². The number of benzene rings is 1. The molecule has 6 heteroatoms. The minimum absolute atomic E-state index is 0.166. The molecular formula is C15H22N2O4. The summed E-state index contributed by atoms with van der Waals surface area (Å²) in [5.74, 6) is -0.714. The van der Waals surface area contributed by atoms with Gasteiger partial charge in [0, 0.05) is 6.54 Å². The highest BCUT2D eigenvalue weighted by molar-refractivity contribution is 5.95. The first-order chi connectivity index (χ1) is 9.91. The smallest absolute Gasteiger partial charge is 0.258 e. The Bertz CT molecular complexity index is 498. The van der Waals surface area contributed by atoms with Gasteiger partial charge in [-0.2, -0.15) is 0 Å². The normalized spacial score (nSPS) is 11.0. The van der Waals surface area contributed by atoms with Gasteiger partial charge in [0.1, 0.15) is 5.75 Å². The lowest BCUT2D eigenvalue weighted by molar-refractivity contribution is -0.124. The van der Waals surface area contributed by atoms with Crippen molar-refractivity contribution in [2.24, 2.45) is 5.73 Å². The Morgan fingerprint density at radius 3 is 2.48 bits per heavy atom. The fraction of sp³-hybridized carbons (Fsp3) is 0.467. The molecule has 21 heavy (non-hydrogen) atoms. The number of nitrogens with one attached hydrogen (secondary N) is 1. The van der Waals surface area contributed by atoms with Crippen LogP contribution in [0.1, 0.15) is 37.0 Å². The highest BCUT2D eigenvalue weighted by atomic mass is 16.5. The Morgan fingerprint density at radius 1 is 1.29 bits per heavy atom. The van der Waals surface area contributed by atoms with Crippen molar-refractivity contribution < 1.29 is 19.4 Å². The molecule has 0 fully saturated rings. The van der Waals surface area contributed by atoms with Gasteiger partial charge in [-0.3, -0.25) is 9.59 Å². The lowest BCUT2D eigenvalue weighted by atomic mass is 9.98. The number of carbonyl (C=O) groups is 2. The molecule has 0 atom stereocenters. The second-order valence-corrected chi connectivity index (χ2v) is 4.86. The summed E-state index contributed by atoms with van der Waals surface area (Å²) in [5, 5.41) is 12.7. The van der Waals surface area contributed by atoms with Crippen molar-refractivity contribution in [1.29, 1.82) is 0 Å². The van der Waals surface area contributed by atoms with Crippen molar-refractivity contribution in [2.75, 3.05) is 13.2 Å². The summed E-state index contributed by atoms with van der Waals surface area (Å²) in [5.41, 5.74) is 4.54. The fourth-order valence-corrected chi connectivity index (χ4v) is 1.75. The van der Waals surface area contributed by atoms with Crippen LogP contribution in [0.25, 0.3) is 0 Å². The van der Waals surface area contributed by atoms with Crippen LogP contribution >= 0.6 is 0 Å². The standard InChI is InChI=1S/C15H22N2O4/c1-3-15(20,4-2)10-17-13(18)9-21-12-8-6-5-7-11(12)14(16)19/h5-8,20H,3-4,9-10H2,1-2H3,(H2,16,19)(H,17,18). The Hall–Kier alpha value is -2.08. The van der Waals surface area contributed by atoms with Crippen LogP contribution < -0.4 is 15.8 Å². The molecule has 0 aliphatic carbocycles. The average Bonchev–Trinajstić information content (AvgIpc) is 2.50. The van der Waals surface area contributed by atoms with Crippen molar-refractivity contribution >= 4 is 11.8 Å². The summed E-state index contributed by atoms with van der Waals surface area (Å²) < 4.78 is 5.30. The molecule has 1 aromatic carbocycles. The number of aliphatic hydroxyl groups is 1. The van der Waals surface area contributed by atoms with Gasteiger partial charge in [0.2, 0.25) is 0 Å². The van der Waals surface area contributed by atoms with Gasteiger partial charge in [-0.25, -0.2) is 0 Å². The number of hydrogen-bond donors (Lipinski definition) is 3. The predicted octanol–water partition coefficient (Wildman–Crippen LogP) is 0.832. The zero-order valence-corrected chi connectivity index (χ0v) is 12.4. The third-order valence-corrected chi connectivity index (χ3v) is 3.44. The van der Waals surface area contributed by atoms with E-state index >= 15 is 0 Å². The van der Waals surface area contributed by atoms with Gasteiger partial charge in [0.15, 0.2) is 6.61 Å². The van der Waals surface area contributed by atoms with Crippen LogP contribution in [0, 0.1) is 0 Å². The number of amides is 2. The number of rotatable bonds is 8. The number of para-hydroxylation sites is 1. The number of hydrogen-bond acceptors (Lipinski definition) is 4. The third-order valence-electron chi connectivity index (χ3n) is 3.44. The van der Waals surface area contributed by atoms with E-state index in [9.17, 15) is 14.7 Å². The zero-order chi connectivity index (χ0) is 15.9. The van der Waals surface area contributed by atoms with E-state index in [1.807, 2.05) is 13.8 Å². The second kappa shape index (κ2) is 7.64. The van der Waals surface area contributed by atoms with Gasteiger partial charge in [0.25, 0.3) is 11.8 Å². The van der Waals surface area contributed by atoms with Crippen molar-refractivity contribution in [3.63, 3.8) is 0 Å². The molecule has 116 valence electrons. The first-order valence-electron chi connectivity index (χ1n) is 6.92. The van der Waals surface area contributed by atoms with E-state index in [1.165, 1.54) is 6.07 Å². The van der Waals surface area contributed by atoms with Gasteiger partial charge in [-0.15, -0.1) is 0 Å². The van der Waals surface area contributed by atoms with Crippen molar-refractivity contribution in [1.82, 2.24) is 5.32 Å². The van der Waals surface area contributed by atoms with E-state index in [-0.39, 0.29) is 30.4 Å². The molecule has 0 saturated carbocycles. The summed E-state index contributed by atoms with van der Waals surface area (Å²) in [6.45, 7) is 3.64. The summed E-state index contributed by atoms with van der Waals surface area (Å²) in [6.07, 6.45) is 1.10. The van der Waals surface area contributed by atoms with Crippen molar-refractivity contribution in [2.45, 2.75) is 32.3 Å². The molecule has 0 radical (unpaired) electrons. The maximum Gasteiger partial charge on any atom is 0.258 e. The Kier molecular flexibility index (Phi) is 6.17. The van der Waals surface area contributed by atoms with Crippen molar-refractivity contribution in [3.8, 4) is 5.75 Å². The molecule has 2 amide bonds. The Morgan fingerprint density at radius 2 is 1.90 bits per heavy atom. The van der Waals surface area contributed by atoms with Gasteiger partial charge >= 0.3 is 0 Å². The van der Waals surface area contributed by atoms with Crippen LogP contribution in [0.2, 0.25) is 0 Å². The SMILES string of the molecule is CCC(O)(CC)CNC(=O)COc1ccccc1C(N)=O. The first kappa shape index (κ1) is 17.0. The largest absolute Gasteiger partial charge is 0.483 e. The highest BCUT2D eigenvalue weighted by Gasteiger charge is 2.22. The zero-order valence-electron chi connectivity index (χ0n) is 12.4. The van der Waals surface area contributed by atoms with E-state index < -0.39 is 11.5 Å². The fourth-order valence-electron chi connectivity index (χ4n) is 1.75. The lowest BCUT2D eigenvalue weighted by Gasteiger charge is -2.25. The summed E-state index contributed by atoms with van der Waals surface area (Å²) in [6, 6.07) is 6.45.